The van der Waals surface area contributed by atoms with Gasteiger partial charge in [-0.15, -0.1) is 0 Å². The van der Waals surface area contributed by atoms with Crippen LogP contribution in [0.15, 0.2) is 48.7 Å². The van der Waals surface area contributed by atoms with Crippen LogP contribution in [-0.2, 0) is 6.54 Å². The molecule has 5 heteroatoms. The molecule has 1 heterocycles. The minimum absolute atomic E-state index is 0.0603. The first kappa shape index (κ1) is 17.7. The number of nitrogens with one attached hydrogen (secondary N) is 1. The van der Waals surface area contributed by atoms with Crippen LogP contribution in [0.5, 0.6) is 5.88 Å². The van der Waals surface area contributed by atoms with Crippen LogP contribution in [-0.4, -0.2) is 26.6 Å². The van der Waals surface area contributed by atoms with Gasteiger partial charge in [0.1, 0.15) is 0 Å². The molecule has 0 bridgehead atoms. The quantitative estimate of drug-likeness (QED) is 0.735. The SMILES string of the molecule is CCCN(C(=S)NCc1ccccc1)C(c1ccc(O)nc1)C1CC1. The minimum atomic E-state index is 0.0603. The van der Waals surface area contributed by atoms with E-state index in [-0.39, 0.29) is 11.9 Å². The van der Waals surface area contributed by atoms with Gasteiger partial charge < -0.3 is 15.3 Å². The molecule has 0 amide bonds. The molecule has 0 spiro atoms. The summed E-state index contributed by atoms with van der Waals surface area (Å²) in [4.78, 5) is 6.37. The van der Waals surface area contributed by atoms with Gasteiger partial charge in [-0.3, -0.25) is 0 Å². The average molecular weight is 356 g/mol. The fraction of sp³-hybridized carbons (Fsp3) is 0.400. The second-order valence-corrected chi connectivity index (χ2v) is 6.96. The maximum absolute atomic E-state index is 9.49. The molecule has 25 heavy (non-hydrogen) atoms. The molecule has 1 saturated carbocycles. The van der Waals surface area contributed by atoms with E-state index < -0.39 is 0 Å². The topological polar surface area (TPSA) is 48.4 Å². The first-order valence-electron chi connectivity index (χ1n) is 8.92. The Labute approximate surface area is 154 Å². The highest BCUT2D eigenvalue weighted by Gasteiger charge is 2.37. The molecule has 2 aromatic rings. The number of aromatic hydroxyl groups is 1. The van der Waals surface area contributed by atoms with Gasteiger partial charge in [0.05, 0.1) is 6.04 Å². The monoisotopic (exact) mass is 355 g/mol. The molecule has 0 saturated heterocycles. The molecule has 1 aromatic carbocycles. The van der Waals surface area contributed by atoms with E-state index in [9.17, 15) is 5.11 Å². The summed E-state index contributed by atoms with van der Waals surface area (Å²) >= 11 is 5.73. The number of pyridine rings is 1. The second kappa shape index (κ2) is 8.30. The smallest absolute Gasteiger partial charge is 0.210 e. The normalized spacial score (nSPS) is 14.8. The number of nitrogens with zero attached hydrogens (tertiary/aromatic N) is 2. The zero-order valence-corrected chi connectivity index (χ0v) is 15.4. The molecule has 0 radical (unpaired) electrons. The predicted octanol–water partition coefficient (Wildman–Crippen LogP) is 4.03. The van der Waals surface area contributed by atoms with Crippen molar-refractivity contribution in [2.24, 2.45) is 5.92 Å². The summed E-state index contributed by atoms with van der Waals surface area (Å²) in [5, 5.41) is 13.7. The minimum Gasteiger partial charge on any atom is -0.493 e. The van der Waals surface area contributed by atoms with Crippen LogP contribution >= 0.6 is 12.2 Å². The van der Waals surface area contributed by atoms with Gasteiger partial charge in [-0.2, -0.15) is 0 Å². The van der Waals surface area contributed by atoms with Crippen LogP contribution in [0.4, 0.5) is 0 Å². The van der Waals surface area contributed by atoms with Crippen LogP contribution in [0.2, 0.25) is 0 Å². The van der Waals surface area contributed by atoms with Crippen molar-refractivity contribution in [3.05, 3.63) is 59.8 Å². The van der Waals surface area contributed by atoms with Crippen molar-refractivity contribution in [3.8, 4) is 5.88 Å². The summed E-state index contributed by atoms with van der Waals surface area (Å²) in [6.45, 7) is 3.81. The van der Waals surface area contributed by atoms with Gasteiger partial charge in [-0.05, 0) is 48.5 Å². The van der Waals surface area contributed by atoms with E-state index in [1.54, 1.807) is 12.3 Å². The molecular formula is C20H25N3OS. The van der Waals surface area contributed by atoms with E-state index in [0.29, 0.717) is 5.92 Å². The number of thiocarbonyl (C=S) groups is 1. The zero-order chi connectivity index (χ0) is 17.6. The van der Waals surface area contributed by atoms with Gasteiger partial charge >= 0.3 is 0 Å². The molecule has 1 aliphatic carbocycles. The maximum atomic E-state index is 9.49. The van der Waals surface area contributed by atoms with Crippen LogP contribution in [0.25, 0.3) is 0 Å². The third-order valence-corrected chi connectivity index (χ3v) is 4.91. The fourth-order valence-corrected chi connectivity index (χ4v) is 3.45. The summed E-state index contributed by atoms with van der Waals surface area (Å²) in [6.07, 6.45) is 5.24. The molecule has 4 nitrogen and oxygen atoms in total. The third-order valence-electron chi connectivity index (χ3n) is 4.53. The largest absolute Gasteiger partial charge is 0.493 e. The van der Waals surface area contributed by atoms with Crippen LogP contribution in [0.1, 0.15) is 43.4 Å². The Hall–Kier alpha value is -2.14. The van der Waals surface area contributed by atoms with Crippen molar-refractivity contribution in [2.75, 3.05) is 6.54 Å². The lowest BCUT2D eigenvalue weighted by Gasteiger charge is -2.34. The lowest BCUT2D eigenvalue weighted by molar-refractivity contribution is 0.281. The van der Waals surface area contributed by atoms with Gasteiger partial charge in [-0.1, -0.05) is 43.3 Å². The molecule has 132 valence electrons. The summed E-state index contributed by atoms with van der Waals surface area (Å²) in [6, 6.07) is 14.2. The Morgan fingerprint density at radius 3 is 2.64 bits per heavy atom. The summed E-state index contributed by atoms with van der Waals surface area (Å²) in [7, 11) is 0. The van der Waals surface area contributed by atoms with Crippen molar-refractivity contribution in [1.29, 1.82) is 0 Å². The zero-order valence-electron chi connectivity index (χ0n) is 14.6. The second-order valence-electron chi connectivity index (χ2n) is 6.57. The van der Waals surface area contributed by atoms with Crippen molar-refractivity contribution in [3.63, 3.8) is 0 Å². The Bertz CT molecular complexity index is 686. The third kappa shape index (κ3) is 4.69. The lowest BCUT2D eigenvalue weighted by atomic mass is 10.0. The lowest BCUT2D eigenvalue weighted by Crippen LogP contribution is -2.43. The van der Waals surface area contributed by atoms with Gasteiger partial charge in [0, 0.05) is 25.4 Å². The maximum Gasteiger partial charge on any atom is 0.210 e. The fourth-order valence-electron chi connectivity index (χ4n) is 3.17. The molecule has 1 fully saturated rings. The highest BCUT2D eigenvalue weighted by molar-refractivity contribution is 7.80. The standard InChI is InChI=1S/C20H25N3OS/c1-2-12-23(20(25)22-13-15-6-4-3-5-7-15)19(16-8-9-16)17-10-11-18(24)21-14-17/h3-7,10-11,14,16,19H,2,8-9,12-13H2,1H3,(H,21,24)(H,22,25). The van der Waals surface area contributed by atoms with Crippen molar-refractivity contribution >= 4 is 17.3 Å². The Morgan fingerprint density at radius 1 is 1.28 bits per heavy atom. The van der Waals surface area contributed by atoms with Gasteiger partial charge in [0.15, 0.2) is 5.11 Å². The molecule has 1 aliphatic rings. The molecular weight excluding hydrogens is 330 g/mol. The first-order valence-corrected chi connectivity index (χ1v) is 9.33. The molecule has 1 aromatic heterocycles. The van der Waals surface area contributed by atoms with Gasteiger partial charge in [0.2, 0.25) is 5.88 Å². The molecule has 1 unspecified atom stereocenters. The number of rotatable bonds is 7. The van der Waals surface area contributed by atoms with Crippen LogP contribution in [0.3, 0.4) is 0 Å². The van der Waals surface area contributed by atoms with E-state index in [0.717, 1.165) is 30.2 Å². The first-order chi connectivity index (χ1) is 12.2. The van der Waals surface area contributed by atoms with Gasteiger partial charge in [0.25, 0.3) is 0 Å². The number of hydrogen-bond acceptors (Lipinski definition) is 3. The van der Waals surface area contributed by atoms with Gasteiger partial charge in [-0.25, -0.2) is 4.98 Å². The van der Waals surface area contributed by atoms with Crippen molar-refractivity contribution in [1.82, 2.24) is 15.2 Å². The Morgan fingerprint density at radius 2 is 2.04 bits per heavy atom. The van der Waals surface area contributed by atoms with Crippen LogP contribution in [0, 0.1) is 5.92 Å². The van der Waals surface area contributed by atoms with E-state index in [1.165, 1.54) is 18.4 Å². The van der Waals surface area contributed by atoms with Crippen LogP contribution < -0.4 is 5.32 Å². The Kier molecular flexibility index (Phi) is 5.87. The van der Waals surface area contributed by atoms with E-state index in [4.69, 9.17) is 12.2 Å². The molecule has 2 N–H and O–H groups in total. The number of aromatic nitrogens is 1. The summed E-state index contributed by atoms with van der Waals surface area (Å²) < 4.78 is 0. The van der Waals surface area contributed by atoms with E-state index in [1.807, 2.05) is 24.3 Å². The van der Waals surface area contributed by atoms with E-state index in [2.05, 4.69) is 34.3 Å². The number of hydrogen-bond donors (Lipinski definition) is 2. The predicted molar refractivity (Wildman–Crippen MR) is 104 cm³/mol. The highest BCUT2D eigenvalue weighted by atomic mass is 32.1. The molecule has 1 atom stereocenters. The summed E-state index contributed by atoms with van der Waals surface area (Å²) in [5.74, 6) is 0.666. The molecule has 3 rings (SSSR count). The highest BCUT2D eigenvalue weighted by Crippen LogP contribution is 2.44. The molecule has 0 aliphatic heterocycles. The van der Waals surface area contributed by atoms with Crippen molar-refractivity contribution < 1.29 is 5.11 Å². The average Bonchev–Trinajstić information content (AvgIpc) is 3.47. The Balaban J connectivity index is 1.75. The summed E-state index contributed by atoms with van der Waals surface area (Å²) in [5.41, 5.74) is 2.34. The number of benzene rings is 1. The van der Waals surface area contributed by atoms with E-state index >= 15 is 0 Å². The van der Waals surface area contributed by atoms with Crippen molar-refractivity contribution in [2.45, 2.75) is 38.8 Å².